The van der Waals surface area contributed by atoms with Gasteiger partial charge in [-0.1, -0.05) is 77.6 Å². The van der Waals surface area contributed by atoms with Gasteiger partial charge in [0.25, 0.3) is 0 Å². The van der Waals surface area contributed by atoms with E-state index in [0.29, 0.717) is 0 Å². The van der Waals surface area contributed by atoms with Gasteiger partial charge in [0.15, 0.2) is 0 Å². The maximum atomic E-state index is 9.93. The summed E-state index contributed by atoms with van der Waals surface area (Å²) in [5, 5.41) is 13.6. The zero-order chi connectivity index (χ0) is 17.2. The number of nitrogens with zero attached hydrogens (tertiary/aromatic N) is 2. The molecular weight excluding hydrogens is 309 g/mol. The average molecular weight is 343 g/mol. The summed E-state index contributed by atoms with van der Waals surface area (Å²) < 4.78 is 0. The summed E-state index contributed by atoms with van der Waals surface area (Å²) in [6.07, 6.45) is 19.9. The number of hydrogen-bond acceptors (Lipinski definition) is 3. The van der Waals surface area contributed by atoms with Gasteiger partial charge < -0.3 is 5.11 Å². The van der Waals surface area contributed by atoms with Crippen LogP contribution in [0, 0.1) is 0 Å². The Morgan fingerprint density at radius 3 is 1.78 bits per heavy atom. The summed E-state index contributed by atoms with van der Waals surface area (Å²) in [4.78, 5) is 13.3. The highest BCUT2D eigenvalue weighted by Crippen LogP contribution is 2.12. The van der Waals surface area contributed by atoms with E-state index in [-0.39, 0.29) is 5.82 Å². The molecule has 0 aliphatic carbocycles. The Hall–Kier alpha value is -0.960. The van der Waals surface area contributed by atoms with Gasteiger partial charge in [-0.05, 0) is 12.6 Å². The molecule has 1 unspecified atom stereocenters. The van der Waals surface area contributed by atoms with E-state index in [1.807, 2.05) is 0 Å². The standard InChI is InChI=1S/C14H31P.C3H3N3O2/c1-2-3-4-5-6-7-8-9-10-11-12-13-14-15;7-3(8)2-4-1-5-6-2/h2-15H2,1H3;1H,(H,7,8)(H,4,5,6). The number of aromatic nitrogens is 3. The molecule has 0 fully saturated rings. The minimum atomic E-state index is -1.09. The number of aromatic amines is 1. The van der Waals surface area contributed by atoms with Gasteiger partial charge in [-0.2, -0.15) is 5.10 Å². The van der Waals surface area contributed by atoms with Crippen molar-refractivity contribution in [2.45, 2.75) is 84.0 Å². The van der Waals surface area contributed by atoms with E-state index in [0.717, 1.165) is 6.33 Å². The Balaban J connectivity index is 0.000000502. The molecule has 0 amide bonds. The fourth-order valence-corrected chi connectivity index (χ4v) is 2.58. The van der Waals surface area contributed by atoms with E-state index < -0.39 is 5.97 Å². The first-order chi connectivity index (χ1) is 11.2. The van der Waals surface area contributed by atoms with Crippen LogP contribution in [0.2, 0.25) is 0 Å². The minimum Gasteiger partial charge on any atom is -0.475 e. The highest BCUT2D eigenvalue weighted by Gasteiger charge is 2.02. The molecule has 134 valence electrons. The van der Waals surface area contributed by atoms with Crippen molar-refractivity contribution < 1.29 is 9.90 Å². The molecule has 0 aliphatic rings. The summed E-state index contributed by atoms with van der Waals surface area (Å²) in [7, 11) is 2.81. The molecule has 0 aromatic carbocycles. The largest absolute Gasteiger partial charge is 0.475 e. The Bertz CT molecular complexity index is 347. The third-order valence-corrected chi connectivity index (χ3v) is 4.08. The van der Waals surface area contributed by atoms with Crippen molar-refractivity contribution in [3.8, 4) is 0 Å². The predicted octanol–water partition coefficient (Wildman–Crippen LogP) is 5.07. The van der Waals surface area contributed by atoms with Gasteiger partial charge in [-0.15, -0.1) is 9.24 Å². The zero-order valence-electron chi connectivity index (χ0n) is 14.6. The lowest BCUT2D eigenvalue weighted by Crippen LogP contribution is -1.97. The van der Waals surface area contributed by atoms with Gasteiger partial charge >= 0.3 is 5.97 Å². The van der Waals surface area contributed by atoms with Crippen molar-refractivity contribution in [3.05, 3.63) is 12.2 Å². The van der Waals surface area contributed by atoms with Crippen LogP contribution in [0.5, 0.6) is 0 Å². The highest BCUT2D eigenvalue weighted by atomic mass is 31.0. The number of rotatable bonds is 13. The molecule has 1 atom stereocenters. The SMILES string of the molecule is CCCCCCCCCCCCCCP.O=C(O)c1ncn[nH]1. The Labute approximate surface area is 143 Å². The molecule has 0 spiro atoms. The van der Waals surface area contributed by atoms with Crippen LogP contribution in [-0.4, -0.2) is 32.4 Å². The number of unbranched alkanes of at least 4 members (excludes halogenated alkanes) is 11. The number of nitrogens with one attached hydrogen (secondary N) is 1. The van der Waals surface area contributed by atoms with E-state index in [1.54, 1.807) is 0 Å². The Morgan fingerprint density at radius 2 is 1.48 bits per heavy atom. The topological polar surface area (TPSA) is 78.9 Å². The van der Waals surface area contributed by atoms with Crippen LogP contribution in [0.15, 0.2) is 6.33 Å². The average Bonchev–Trinajstić information content (AvgIpc) is 3.08. The molecular formula is C17H34N3O2P. The van der Waals surface area contributed by atoms with Crippen molar-refractivity contribution in [2.75, 3.05) is 6.16 Å². The second-order valence-electron chi connectivity index (χ2n) is 5.82. The van der Waals surface area contributed by atoms with E-state index in [1.165, 1.54) is 83.2 Å². The second kappa shape index (κ2) is 17.4. The highest BCUT2D eigenvalue weighted by molar-refractivity contribution is 7.16. The maximum Gasteiger partial charge on any atom is 0.373 e. The van der Waals surface area contributed by atoms with Crippen molar-refractivity contribution in [1.29, 1.82) is 0 Å². The van der Waals surface area contributed by atoms with Gasteiger partial charge in [0.1, 0.15) is 6.33 Å². The fraction of sp³-hybridized carbons (Fsp3) is 0.824. The van der Waals surface area contributed by atoms with Crippen molar-refractivity contribution >= 4 is 15.2 Å². The summed E-state index contributed by atoms with van der Waals surface area (Å²) in [5.74, 6) is -1.23. The van der Waals surface area contributed by atoms with Crippen molar-refractivity contribution in [1.82, 2.24) is 15.2 Å². The third-order valence-electron chi connectivity index (χ3n) is 3.68. The Kier molecular flexibility index (Phi) is 16.7. The van der Waals surface area contributed by atoms with Gasteiger partial charge in [-0.25, -0.2) is 9.78 Å². The van der Waals surface area contributed by atoms with E-state index in [2.05, 4.69) is 31.3 Å². The van der Waals surface area contributed by atoms with E-state index in [9.17, 15) is 4.79 Å². The molecule has 1 heterocycles. The molecule has 0 radical (unpaired) electrons. The molecule has 0 saturated carbocycles. The monoisotopic (exact) mass is 343 g/mol. The molecule has 23 heavy (non-hydrogen) atoms. The van der Waals surface area contributed by atoms with Crippen LogP contribution in [0.1, 0.15) is 94.6 Å². The molecule has 6 heteroatoms. The normalized spacial score (nSPS) is 10.2. The fourth-order valence-electron chi connectivity index (χ4n) is 2.29. The third kappa shape index (κ3) is 15.7. The van der Waals surface area contributed by atoms with Gasteiger partial charge in [0.2, 0.25) is 5.82 Å². The van der Waals surface area contributed by atoms with Crippen LogP contribution >= 0.6 is 9.24 Å². The molecule has 1 aromatic heterocycles. The minimum absolute atomic E-state index is 0.134. The maximum absolute atomic E-state index is 9.93. The number of carboxylic acid groups (broad SMARTS) is 1. The van der Waals surface area contributed by atoms with Crippen LogP contribution in [0.3, 0.4) is 0 Å². The van der Waals surface area contributed by atoms with Gasteiger partial charge in [0.05, 0.1) is 0 Å². The van der Waals surface area contributed by atoms with Crippen molar-refractivity contribution in [3.63, 3.8) is 0 Å². The zero-order valence-corrected chi connectivity index (χ0v) is 15.8. The van der Waals surface area contributed by atoms with Crippen LogP contribution in [0.4, 0.5) is 0 Å². The number of aromatic carboxylic acids is 1. The Morgan fingerprint density at radius 1 is 1.00 bits per heavy atom. The summed E-state index contributed by atoms with van der Waals surface area (Å²) >= 11 is 0. The predicted molar refractivity (Wildman–Crippen MR) is 99.0 cm³/mol. The van der Waals surface area contributed by atoms with Gasteiger partial charge in [-0.3, -0.25) is 5.10 Å². The van der Waals surface area contributed by atoms with Gasteiger partial charge in [0, 0.05) is 0 Å². The number of H-pyrrole nitrogens is 1. The summed E-state index contributed by atoms with van der Waals surface area (Å²) in [6, 6.07) is 0. The summed E-state index contributed by atoms with van der Waals surface area (Å²) in [5.41, 5.74) is 0. The second-order valence-corrected chi connectivity index (χ2v) is 6.39. The molecule has 2 N–H and O–H groups in total. The van der Waals surface area contributed by atoms with Crippen LogP contribution in [-0.2, 0) is 0 Å². The first kappa shape index (κ1) is 22.0. The first-order valence-electron chi connectivity index (χ1n) is 9.01. The van der Waals surface area contributed by atoms with Crippen LogP contribution in [0.25, 0.3) is 0 Å². The van der Waals surface area contributed by atoms with E-state index in [4.69, 9.17) is 5.11 Å². The smallest absolute Gasteiger partial charge is 0.373 e. The molecule has 0 bridgehead atoms. The molecule has 1 rings (SSSR count). The molecule has 1 aromatic rings. The lowest BCUT2D eigenvalue weighted by atomic mass is 10.1. The number of hydrogen-bond donors (Lipinski definition) is 2. The molecule has 0 saturated heterocycles. The lowest BCUT2D eigenvalue weighted by molar-refractivity contribution is 0.0684. The first-order valence-corrected chi connectivity index (χ1v) is 9.82. The number of carbonyl (C=O) groups is 1. The number of carboxylic acids is 1. The van der Waals surface area contributed by atoms with Crippen molar-refractivity contribution in [2.24, 2.45) is 0 Å². The summed E-state index contributed by atoms with van der Waals surface area (Å²) in [6.45, 7) is 2.29. The lowest BCUT2D eigenvalue weighted by Gasteiger charge is -2.01. The van der Waals surface area contributed by atoms with E-state index >= 15 is 0 Å². The van der Waals surface area contributed by atoms with Crippen LogP contribution < -0.4 is 0 Å². The quantitative estimate of drug-likeness (QED) is 0.387. The molecule has 0 aliphatic heterocycles. The molecule has 5 nitrogen and oxygen atoms in total.